The van der Waals surface area contributed by atoms with E-state index in [9.17, 15) is 0 Å². The summed E-state index contributed by atoms with van der Waals surface area (Å²) in [5, 5.41) is 0. The quantitative estimate of drug-likeness (QED) is 0.644. The highest BCUT2D eigenvalue weighted by atomic mass is 15.3. The molecular weight excluding hydrogens is 162 g/mol. The summed E-state index contributed by atoms with van der Waals surface area (Å²) < 4.78 is 0. The summed E-state index contributed by atoms with van der Waals surface area (Å²) in [6, 6.07) is 2.61. The average molecular weight is 175 g/mol. The molecule has 0 bridgehead atoms. The van der Waals surface area contributed by atoms with Gasteiger partial charge in [0.1, 0.15) is 0 Å². The summed E-state index contributed by atoms with van der Waals surface area (Å²) >= 11 is 0. The molecule has 3 nitrogen and oxygen atoms in total. The molecule has 3 heteroatoms. The number of anilines is 1. The molecule has 2 aliphatic rings. The van der Waals surface area contributed by atoms with E-state index in [0.29, 0.717) is 0 Å². The second-order valence-electron chi connectivity index (χ2n) is 4.04. The van der Waals surface area contributed by atoms with E-state index < -0.39 is 0 Å². The van der Waals surface area contributed by atoms with Crippen molar-refractivity contribution in [2.45, 2.75) is 19.4 Å². The number of piperidine rings is 1. The fraction of sp³-hybridized carbons (Fsp3) is 0.600. The standard InChI is InChI=1S/C10H13N3/c1-7-8-3-6-13(9(7)8)10-11-4-2-5-12-10/h2,4-5,7-9H,3,6H2,1H3. The van der Waals surface area contributed by atoms with Gasteiger partial charge in [0.2, 0.25) is 5.95 Å². The normalized spacial score (nSPS) is 36.1. The third kappa shape index (κ3) is 0.961. The molecule has 3 rings (SSSR count). The summed E-state index contributed by atoms with van der Waals surface area (Å²) in [4.78, 5) is 10.9. The predicted molar refractivity (Wildman–Crippen MR) is 50.4 cm³/mol. The Morgan fingerprint density at radius 3 is 2.77 bits per heavy atom. The van der Waals surface area contributed by atoms with Crippen LogP contribution in [0, 0.1) is 11.8 Å². The van der Waals surface area contributed by atoms with Gasteiger partial charge in [-0.1, -0.05) is 6.92 Å². The first-order valence-electron chi connectivity index (χ1n) is 4.91. The Labute approximate surface area is 77.8 Å². The van der Waals surface area contributed by atoms with Crippen molar-refractivity contribution < 1.29 is 0 Å². The van der Waals surface area contributed by atoms with E-state index in [-0.39, 0.29) is 0 Å². The van der Waals surface area contributed by atoms with E-state index >= 15 is 0 Å². The number of hydrogen-bond acceptors (Lipinski definition) is 3. The molecule has 2 heterocycles. The molecule has 0 radical (unpaired) electrons. The molecule has 1 aromatic rings. The molecular formula is C10H13N3. The lowest BCUT2D eigenvalue weighted by molar-refractivity contribution is 0.672. The fourth-order valence-corrected chi connectivity index (χ4v) is 2.58. The van der Waals surface area contributed by atoms with Crippen LogP contribution in [0.2, 0.25) is 0 Å². The lowest BCUT2D eigenvalue weighted by Gasteiger charge is -2.18. The second-order valence-corrected chi connectivity index (χ2v) is 4.04. The largest absolute Gasteiger partial charge is 0.337 e. The third-order valence-electron chi connectivity index (χ3n) is 3.38. The first-order chi connectivity index (χ1) is 6.38. The summed E-state index contributed by atoms with van der Waals surface area (Å²) in [5.74, 6) is 2.70. The SMILES string of the molecule is CC1C2CCN(c3ncccn3)C12. The fourth-order valence-electron chi connectivity index (χ4n) is 2.58. The van der Waals surface area contributed by atoms with Crippen LogP contribution in [0.4, 0.5) is 5.95 Å². The summed E-state index contributed by atoms with van der Waals surface area (Å²) in [5.41, 5.74) is 0. The molecule has 0 aromatic carbocycles. The number of fused-ring (bicyclic) bond motifs is 1. The Hall–Kier alpha value is -1.12. The average Bonchev–Trinajstić information content (AvgIpc) is 2.67. The van der Waals surface area contributed by atoms with Crippen LogP contribution in [0.3, 0.4) is 0 Å². The molecule has 1 aromatic heterocycles. The zero-order valence-corrected chi connectivity index (χ0v) is 7.72. The van der Waals surface area contributed by atoms with Crippen molar-refractivity contribution in [3.05, 3.63) is 18.5 Å². The Bertz CT molecular complexity index is 311. The topological polar surface area (TPSA) is 29.0 Å². The minimum atomic E-state index is 0.738. The highest BCUT2D eigenvalue weighted by Crippen LogP contribution is 2.50. The molecule has 0 amide bonds. The second kappa shape index (κ2) is 2.44. The number of aromatic nitrogens is 2. The van der Waals surface area contributed by atoms with Gasteiger partial charge in [0, 0.05) is 25.0 Å². The molecule has 0 spiro atoms. The van der Waals surface area contributed by atoms with Crippen molar-refractivity contribution in [3.63, 3.8) is 0 Å². The van der Waals surface area contributed by atoms with Crippen LogP contribution < -0.4 is 4.90 Å². The first kappa shape index (κ1) is 7.30. The summed E-state index contributed by atoms with van der Waals surface area (Å²) in [7, 11) is 0. The molecule has 68 valence electrons. The van der Waals surface area contributed by atoms with Gasteiger partial charge in [0.05, 0.1) is 0 Å². The van der Waals surface area contributed by atoms with Gasteiger partial charge in [-0.05, 0) is 24.3 Å². The molecule has 1 aliphatic heterocycles. The number of nitrogens with zero attached hydrogens (tertiary/aromatic N) is 3. The van der Waals surface area contributed by atoms with E-state index in [0.717, 1.165) is 30.4 Å². The molecule has 1 saturated carbocycles. The maximum atomic E-state index is 4.29. The van der Waals surface area contributed by atoms with Crippen molar-refractivity contribution in [1.29, 1.82) is 0 Å². The van der Waals surface area contributed by atoms with Crippen LogP contribution in [0.1, 0.15) is 13.3 Å². The first-order valence-corrected chi connectivity index (χ1v) is 4.91. The molecule has 3 atom stereocenters. The van der Waals surface area contributed by atoms with E-state index in [1.807, 2.05) is 18.5 Å². The van der Waals surface area contributed by atoms with Crippen LogP contribution in [0.15, 0.2) is 18.5 Å². The maximum absolute atomic E-state index is 4.29. The van der Waals surface area contributed by atoms with Crippen LogP contribution in [-0.2, 0) is 0 Å². The van der Waals surface area contributed by atoms with Crippen molar-refractivity contribution in [3.8, 4) is 0 Å². The molecule has 2 fully saturated rings. The van der Waals surface area contributed by atoms with Gasteiger partial charge < -0.3 is 4.90 Å². The van der Waals surface area contributed by atoms with Gasteiger partial charge in [0.15, 0.2) is 0 Å². The number of rotatable bonds is 1. The van der Waals surface area contributed by atoms with Gasteiger partial charge in [-0.2, -0.15) is 0 Å². The Balaban J connectivity index is 1.87. The van der Waals surface area contributed by atoms with E-state index in [1.54, 1.807) is 0 Å². The summed E-state index contributed by atoms with van der Waals surface area (Å²) in [6.45, 7) is 3.47. The maximum Gasteiger partial charge on any atom is 0.225 e. The zero-order chi connectivity index (χ0) is 8.84. The van der Waals surface area contributed by atoms with E-state index in [1.165, 1.54) is 6.42 Å². The van der Waals surface area contributed by atoms with Gasteiger partial charge in [-0.3, -0.25) is 0 Å². The van der Waals surface area contributed by atoms with Crippen molar-refractivity contribution in [2.24, 2.45) is 11.8 Å². The van der Waals surface area contributed by atoms with Crippen molar-refractivity contribution >= 4 is 5.95 Å². The van der Waals surface area contributed by atoms with Gasteiger partial charge in [-0.25, -0.2) is 9.97 Å². The Morgan fingerprint density at radius 1 is 1.38 bits per heavy atom. The van der Waals surface area contributed by atoms with E-state index in [4.69, 9.17) is 0 Å². The highest BCUT2D eigenvalue weighted by Gasteiger charge is 2.55. The molecule has 13 heavy (non-hydrogen) atoms. The minimum absolute atomic E-state index is 0.738. The van der Waals surface area contributed by atoms with Crippen LogP contribution >= 0.6 is 0 Å². The number of hydrogen-bond donors (Lipinski definition) is 0. The lowest BCUT2D eigenvalue weighted by Crippen LogP contribution is -2.26. The third-order valence-corrected chi connectivity index (χ3v) is 3.38. The zero-order valence-electron chi connectivity index (χ0n) is 7.72. The summed E-state index contributed by atoms with van der Waals surface area (Å²) in [6.07, 6.45) is 4.97. The smallest absolute Gasteiger partial charge is 0.225 e. The van der Waals surface area contributed by atoms with E-state index in [2.05, 4.69) is 21.8 Å². The molecule has 1 aliphatic carbocycles. The Kier molecular flexibility index (Phi) is 1.37. The molecule has 0 N–H and O–H groups in total. The van der Waals surface area contributed by atoms with Crippen LogP contribution in [0.5, 0.6) is 0 Å². The van der Waals surface area contributed by atoms with Crippen molar-refractivity contribution in [2.75, 3.05) is 11.4 Å². The predicted octanol–water partition coefficient (Wildman–Crippen LogP) is 1.32. The van der Waals surface area contributed by atoms with Crippen molar-refractivity contribution in [1.82, 2.24) is 9.97 Å². The van der Waals surface area contributed by atoms with Gasteiger partial charge in [0.25, 0.3) is 0 Å². The van der Waals surface area contributed by atoms with Gasteiger partial charge in [-0.15, -0.1) is 0 Å². The molecule has 1 saturated heterocycles. The van der Waals surface area contributed by atoms with Crippen LogP contribution in [0.25, 0.3) is 0 Å². The van der Waals surface area contributed by atoms with Crippen LogP contribution in [-0.4, -0.2) is 22.6 Å². The van der Waals surface area contributed by atoms with Gasteiger partial charge >= 0.3 is 0 Å². The monoisotopic (exact) mass is 175 g/mol. The lowest BCUT2D eigenvalue weighted by atomic mass is 10.2. The Morgan fingerprint density at radius 2 is 2.15 bits per heavy atom. The highest BCUT2D eigenvalue weighted by molar-refractivity contribution is 5.38. The molecule has 3 unspecified atom stereocenters. The minimum Gasteiger partial charge on any atom is -0.337 e.